The van der Waals surface area contributed by atoms with Gasteiger partial charge in [-0.2, -0.15) is 0 Å². The summed E-state index contributed by atoms with van der Waals surface area (Å²) in [7, 11) is 0. The molecule has 2 aliphatic rings. The van der Waals surface area contributed by atoms with E-state index in [1.54, 1.807) is 30.3 Å². The van der Waals surface area contributed by atoms with Crippen LogP contribution in [0.25, 0.3) is 6.08 Å². The number of halogens is 1. The van der Waals surface area contributed by atoms with Crippen LogP contribution in [0.3, 0.4) is 0 Å². The first-order valence-corrected chi connectivity index (χ1v) is 11.0. The average molecular weight is 452 g/mol. The molecule has 0 saturated carbocycles. The normalized spacial score (nSPS) is 17.0. The van der Waals surface area contributed by atoms with E-state index in [9.17, 15) is 14.0 Å². The smallest absolute Gasteiger partial charge is 0.363 e. The summed E-state index contributed by atoms with van der Waals surface area (Å²) in [6.07, 6.45) is 4.71. The second-order valence-electron chi connectivity index (χ2n) is 7.69. The van der Waals surface area contributed by atoms with Crippen molar-refractivity contribution < 1.29 is 28.2 Å². The van der Waals surface area contributed by atoms with Crippen LogP contribution < -0.4 is 9.47 Å². The van der Waals surface area contributed by atoms with E-state index < -0.39 is 11.8 Å². The summed E-state index contributed by atoms with van der Waals surface area (Å²) >= 11 is 0. The first kappa shape index (κ1) is 22.5. The number of piperidine rings is 1. The van der Waals surface area contributed by atoms with Crippen molar-refractivity contribution in [2.45, 2.75) is 26.2 Å². The molecule has 8 heteroatoms. The largest absolute Gasteiger partial charge is 0.490 e. The Morgan fingerprint density at radius 2 is 1.91 bits per heavy atom. The molecule has 1 amide bonds. The van der Waals surface area contributed by atoms with Gasteiger partial charge in [0, 0.05) is 13.1 Å². The minimum atomic E-state index is -0.668. The van der Waals surface area contributed by atoms with Crippen LogP contribution in [0.2, 0.25) is 0 Å². The highest BCUT2D eigenvalue weighted by atomic mass is 19.1. The summed E-state index contributed by atoms with van der Waals surface area (Å²) < 4.78 is 30.6. The number of esters is 1. The summed E-state index contributed by atoms with van der Waals surface area (Å²) in [6.45, 7) is 3.70. The second kappa shape index (κ2) is 10.3. The number of aliphatic imine (C=N–C) groups is 1. The Morgan fingerprint density at radius 1 is 1.12 bits per heavy atom. The number of ether oxygens (including phenoxy) is 3. The molecule has 1 fully saturated rings. The van der Waals surface area contributed by atoms with E-state index in [0.29, 0.717) is 23.7 Å². The molecule has 0 N–H and O–H groups in total. The third-order valence-electron chi connectivity index (χ3n) is 5.36. The maximum atomic E-state index is 14.0. The van der Waals surface area contributed by atoms with Gasteiger partial charge in [0.15, 0.2) is 23.8 Å². The van der Waals surface area contributed by atoms with Crippen LogP contribution in [-0.4, -0.2) is 49.0 Å². The lowest BCUT2D eigenvalue weighted by atomic mass is 10.1. The molecule has 2 aromatic carbocycles. The van der Waals surface area contributed by atoms with Gasteiger partial charge in [-0.3, -0.25) is 4.79 Å². The fourth-order valence-electron chi connectivity index (χ4n) is 3.69. The summed E-state index contributed by atoms with van der Waals surface area (Å²) in [5.41, 5.74) is 0.787. The quantitative estimate of drug-likeness (QED) is 0.470. The van der Waals surface area contributed by atoms with Crippen molar-refractivity contribution in [3.8, 4) is 11.5 Å². The molecule has 4 rings (SSSR count). The lowest BCUT2D eigenvalue weighted by Gasteiger charge is -2.26. The van der Waals surface area contributed by atoms with Gasteiger partial charge in [0.05, 0.1) is 12.2 Å². The Kier molecular flexibility index (Phi) is 7.02. The molecule has 0 spiro atoms. The number of benzene rings is 2. The van der Waals surface area contributed by atoms with Crippen LogP contribution >= 0.6 is 0 Å². The molecule has 0 atom stereocenters. The van der Waals surface area contributed by atoms with Crippen LogP contribution in [0, 0.1) is 5.82 Å². The van der Waals surface area contributed by atoms with Gasteiger partial charge in [-0.25, -0.2) is 14.2 Å². The highest BCUT2D eigenvalue weighted by Gasteiger charge is 2.26. The maximum absolute atomic E-state index is 14.0. The first-order chi connectivity index (χ1) is 16.0. The molecule has 172 valence electrons. The van der Waals surface area contributed by atoms with Crippen LogP contribution in [-0.2, 0) is 14.3 Å². The summed E-state index contributed by atoms with van der Waals surface area (Å²) in [6, 6.07) is 11.1. The topological polar surface area (TPSA) is 77.4 Å². The number of rotatable bonds is 7. The standard InChI is InChI=1S/C25H25FN2O5/c1-2-31-22-15-17(10-11-21(22)32-16-23(29)28-12-6-3-7-13-28)14-20-25(30)33-24(27-20)18-8-4-5-9-19(18)26/h4-5,8-11,14-15H,2-3,6-7,12-13,16H2,1H3. The van der Waals surface area contributed by atoms with Crippen molar-refractivity contribution in [2.75, 3.05) is 26.3 Å². The molecule has 2 aromatic rings. The fraction of sp³-hybridized carbons (Fsp3) is 0.320. The Hall–Kier alpha value is -3.68. The lowest BCUT2D eigenvalue weighted by Crippen LogP contribution is -2.38. The van der Waals surface area contributed by atoms with Crippen molar-refractivity contribution in [2.24, 2.45) is 4.99 Å². The predicted octanol–water partition coefficient (Wildman–Crippen LogP) is 3.96. The van der Waals surface area contributed by atoms with Gasteiger partial charge in [0.2, 0.25) is 5.90 Å². The van der Waals surface area contributed by atoms with Crippen molar-refractivity contribution in [1.29, 1.82) is 0 Å². The van der Waals surface area contributed by atoms with Gasteiger partial charge < -0.3 is 19.1 Å². The zero-order chi connectivity index (χ0) is 23.2. The Labute approximate surface area is 191 Å². The molecule has 33 heavy (non-hydrogen) atoms. The zero-order valence-corrected chi connectivity index (χ0v) is 18.4. The van der Waals surface area contributed by atoms with Crippen LogP contribution in [0.5, 0.6) is 11.5 Å². The second-order valence-corrected chi connectivity index (χ2v) is 7.69. The summed E-state index contributed by atoms with van der Waals surface area (Å²) in [5, 5.41) is 0. The Balaban J connectivity index is 1.51. The van der Waals surface area contributed by atoms with Crippen molar-refractivity contribution >= 4 is 23.9 Å². The molecule has 0 unspecified atom stereocenters. The average Bonchev–Trinajstić information content (AvgIpc) is 3.19. The number of likely N-dealkylation sites (tertiary alicyclic amines) is 1. The van der Waals surface area contributed by atoms with Gasteiger partial charge in [-0.15, -0.1) is 0 Å². The van der Waals surface area contributed by atoms with E-state index >= 15 is 0 Å². The van der Waals surface area contributed by atoms with E-state index in [2.05, 4.69) is 4.99 Å². The SMILES string of the molecule is CCOc1cc(C=C2N=C(c3ccccc3F)OC2=O)ccc1OCC(=O)N1CCCCC1. The highest BCUT2D eigenvalue weighted by molar-refractivity contribution is 6.12. The first-order valence-electron chi connectivity index (χ1n) is 11.0. The minimum Gasteiger partial charge on any atom is -0.490 e. The number of hydrogen-bond donors (Lipinski definition) is 0. The summed E-state index contributed by atoms with van der Waals surface area (Å²) in [4.78, 5) is 30.6. The molecule has 0 aliphatic carbocycles. The number of cyclic esters (lactones) is 1. The Morgan fingerprint density at radius 3 is 2.67 bits per heavy atom. The molecular weight excluding hydrogens is 427 g/mol. The number of hydrogen-bond acceptors (Lipinski definition) is 6. The number of carbonyl (C=O) groups excluding carboxylic acids is 2. The lowest BCUT2D eigenvalue weighted by molar-refractivity contribution is -0.134. The zero-order valence-electron chi connectivity index (χ0n) is 18.4. The fourth-order valence-corrected chi connectivity index (χ4v) is 3.69. The van der Waals surface area contributed by atoms with Crippen molar-refractivity contribution in [3.05, 3.63) is 65.1 Å². The van der Waals surface area contributed by atoms with Crippen LogP contribution in [0.15, 0.2) is 53.2 Å². The third-order valence-corrected chi connectivity index (χ3v) is 5.36. The molecule has 7 nitrogen and oxygen atoms in total. The molecule has 2 heterocycles. The van der Waals surface area contributed by atoms with Gasteiger partial charge in [-0.1, -0.05) is 18.2 Å². The molecule has 1 saturated heterocycles. The van der Waals surface area contributed by atoms with Gasteiger partial charge in [-0.05, 0) is 62.1 Å². The van der Waals surface area contributed by atoms with Crippen LogP contribution in [0.1, 0.15) is 37.3 Å². The number of amides is 1. The number of nitrogens with zero attached hydrogens (tertiary/aromatic N) is 2. The van der Waals surface area contributed by atoms with Gasteiger partial charge in [0.1, 0.15) is 5.82 Å². The molecule has 0 aromatic heterocycles. The van der Waals surface area contributed by atoms with Crippen LogP contribution in [0.4, 0.5) is 4.39 Å². The van der Waals surface area contributed by atoms with Crippen molar-refractivity contribution in [1.82, 2.24) is 4.90 Å². The van der Waals surface area contributed by atoms with E-state index in [-0.39, 0.29) is 29.7 Å². The van der Waals surface area contributed by atoms with E-state index in [1.807, 2.05) is 11.8 Å². The van der Waals surface area contributed by atoms with E-state index in [0.717, 1.165) is 32.4 Å². The van der Waals surface area contributed by atoms with Crippen molar-refractivity contribution in [3.63, 3.8) is 0 Å². The highest BCUT2D eigenvalue weighted by Crippen LogP contribution is 2.30. The molecule has 0 radical (unpaired) electrons. The van der Waals surface area contributed by atoms with E-state index in [4.69, 9.17) is 14.2 Å². The van der Waals surface area contributed by atoms with Gasteiger partial charge in [0.25, 0.3) is 5.91 Å². The Bertz CT molecular complexity index is 1110. The van der Waals surface area contributed by atoms with Gasteiger partial charge >= 0.3 is 5.97 Å². The predicted molar refractivity (Wildman–Crippen MR) is 121 cm³/mol. The molecule has 0 bridgehead atoms. The molecule has 2 aliphatic heterocycles. The monoisotopic (exact) mass is 452 g/mol. The summed E-state index contributed by atoms with van der Waals surface area (Å²) in [5.74, 6) is -0.433. The third kappa shape index (κ3) is 5.39. The molecular formula is C25H25FN2O5. The van der Waals surface area contributed by atoms with E-state index in [1.165, 1.54) is 18.2 Å². The maximum Gasteiger partial charge on any atom is 0.363 e. The minimum absolute atomic E-state index is 0.0460. The number of carbonyl (C=O) groups is 2.